The van der Waals surface area contributed by atoms with Crippen molar-refractivity contribution in [3.05, 3.63) is 46.3 Å². The highest BCUT2D eigenvalue weighted by atomic mass is 79.9. The number of carbonyl (C=O) groups is 3. The van der Waals surface area contributed by atoms with Crippen LogP contribution < -0.4 is 15.5 Å². The Labute approximate surface area is 152 Å². The van der Waals surface area contributed by atoms with Gasteiger partial charge in [0.05, 0.1) is 6.54 Å². The van der Waals surface area contributed by atoms with Gasteiger partial charge in [0.25, 0.3) is 5.91 Å². The first-order valence-corrected chi connectivity index (χ1v) is 8.48. The Kier molecular flexibility index (Phi) is 4.89. The van der Waals surface area contributed by atoms with E-state index in [0.29, 0.717) is 16.9 Å². The average Bonchev–Trinajstić information content (AvgIpc) is 3.18. The second-order valence-corrected chi connectivity index (χ2v) is 6.38. The fraction of sp³-hybridized carbons (Fsp3) is 0.235. The molecule has 0 saturated heterocycles. The minimum atomic E-state index is -0.466. The highest BCUT2D eigenvalue weighted by molar-refractivity contribution is 9.10. The quantitative estimate of drug-likeness (QED) is 0.816. The number of nitrogens with zero attached hydrogens (tertiary/aromatic N) is 1. The third-order valence-electron chi connectivity index (χ3n) is 3.85. The van der Waals surface area contributed by atoms with Crippen molar-refractivity contribution >= 4 is 45.0 Å². The number of amides is 3. The molecule has 0 spiro atoms. The van der Waals surface area contributed by atoms with E-state index in [9.17, 15) is 14.4 Å². The number of nitrogens with one attached hydrogen (secondary N) is 2. The lowest BCUT2D eigenvalue weighted by Gasteiger charge is -2.15. The van der Waals surface area contributed by atoms with Crippen LogP contribution in [-0.2, 0) is 16.0 Å². The van der Waals surface area contributed by atoms with Crippen LogP contribution in [0.15, 0.2) is 39.4 Å². The van der Waals surface area contributed by atoms with Gasteiger partial charge in [-0.2, -0.15) is 0 Å². The van der Waals surface area contributed by atoms with Crippen molar-refractivity contribution in [2.24, 2.45) is 0 Å². The van der Waals surface area contributed by atoms with Crippen LogP contribution in [0.25, 0.3) is 0 Å². The Bertz CT molecular complexity index is 846. The van der Waals surface area contributed by atoms with E-state index in [1.165, 1.54) is 13.0 Å². The van der Waals surface area contributed by atoms with Crippen molar-refractivity contribution < 1.29 is 18.8 Å². The summed E-state index contributed by atoms with van der Waals surface area (Å²) < 4.78 is 5.56. The summed E-state index contributed by atoms with van der Waals surface area (Å²) in [4.78, 5) is 37.1. The van der Waals surface area contributed by atoms with Crippen LogP contribution in [0.2, 0.25) is 0 Å². The van der Waals surface area contributed by atoms with Crippen molar-refractivity contribution in [1.82, 2.24) is 5.32 Å². The Balaban J connectivity index is 1.57. The molecule has 3 rings (SSSR count). The van der Waals surface area contributed by atoms with E-state index in [1.54, 1.807) is 17.0 Å². The van der Waals surface area contributed by atoms with Crippen molar-refractivity contribution in [3.8, 4) is 0 Å². The van der Waals surface area contributed by atoms with Gasteiger partial charge < -0.3 is 20.0 Å². The lowest BCUT2D eigenvalue weighted by molar-refractivity contribution is -0.116. The summed E-state index contributed by atoms with van der Waals surface area (Å²) in [6, 6.07) is 8.52. The molecule has 1 aromatic carbocycles. The van der Waals surface area contributed by atoms with Gasteiger partial charge in [0, 0.05) is 24.8 Å². The van der Waals surface area contributed by atoms with Gasteiger partial charge in [-0.25, -0.2) is 0 Å². The number of benzene rings is 1. The molecule has 2 heterocycles. The van der Waals surface area contributed by atoms with Crippen molar-refractivity contribution in [3.63, 3.8) is 0 Å². The first-order chi connectivity index (χ1) is 11.9. The number of anilines is 2. The maximum Gasteiger partial charge on any atom is 0.287 e. The third kappa shape index (κ3) is 3.90. The maximum atomic E-state index is 12.0. The minimum Gasteiger partial charge on any atom is -0.444 e. The molecule has 0 fully saturated rings. The van der Waals surface area contributed by atoms with E-state index < -0.39 is 5.91 Å². The summed E-state index contributed by atoms with van der Waals surface area (Å²) in [5, 5.41) is 5.22. The van der Waals surface area contributed by atoms with Crippen LogP contribution >= 0.6 is 15.9 Å². The molecule has 1 aliphatic rings. The number of fused-ring (bicyclic) bond motifs is 1. The maximum absolute atomic E-state index is 12.0. The lowest BCUT2D eigenvalue weighted by atomic mass is 10.1. The van der Waals surface area contributed by atoms with Crippen LogP contribution in [-0.4, -0.2) is 30.8 Å². The fourth-order valence-electron chi connectivity index (χ4n) is 2.70. The Morgan fingerprint density at radius 3 is 2.72 bits per heavy atom. The smallest absolute Gasteiger partial charge is 0.287 e. The molecule has 3 amide bonds. The van der Waals surface area contributed by atoms with E-state index in [2.05, 4.69) is 26.6 Å². The molecule has 2 N–H and O–H groups in total. The molecule has 0 aliphatic carbocycles. The highest BCUT2D eigenvalue weighted by Crippen LogP contribution is 2.30. The van der Waals surface area contributed by atoms with E-state index in [4.69, 9.17) is 4.42 Å². The van der Waals surface area contributed by atoms with Crippen molar-refractivity contribution in [2.75, 3.05) is 23.3 Å². The molecule has 0 bridgehead atoms. The minimum absolute atomic E-state index is 0.00260. The van der Waals surface area contributed by atoms with E-state index in [1.807, 2.05) is 12.1 Å². The van der Waals surface area contributed by atoms with E-state index in [0.717, 1.165) is 17.7 Å². The summed E-state index contributed by atoms with van der Waals surface area (Å²) in [5.41, 5.74) is 2.52. The molecule has 7 nitrogen and oxygen atoms in total. The van der Waals surface area contributed by atoms with Crippen LogP contribution in [0.3, 0.4) is 0 Å². The molecular weight excluding hydrogens is 390 g/mol. The largest absolute Gasteiger partial charge is 0.444 e. The predicted molar refractivity (Wildman–Crippen MR) is 95.5 cm³/mol. The predicted octanol–water partition coefficient (Wildman–Crippen LogP) is 2.32. The van der Waals surface area contributed by atoms with Gasteiger partial charge in [-0.3, -0.25) is 14.4 Å². The standard InChI is InChI=1S/C17H16BrN3O4/c1-10(22)21-7-6-11-8-12(2-3-13(11)21)20-16(23)9-19-17(24)14-4-5-15(18)25-14/h2-5,8H,6-7,9H2,1H3,(H,19,24)(H,20,23). The summed E-state index contributed by atoms with van der Waals surface area (Å²) in [6.07, 6.45) is 0.753. The molecule has 1 aromatic heterocycles. The molecule has 8 heteroatoms. The lowest BCUT2D eigenvalue weighted by Crippen LogP contribution is -2.32. The number of rotatable bonds is 4. The van der Waals surface area contributed by atoms with Gasteiger partial charge in [0.1, 0.15) is 0 Å². The van der Waals surface area contributed by atoms with Gasteiger partial charge in [0.2, 0.25) is 11.8 Å². The van der Waals surface area contributed by atoms with Crippen LogP contribution in [0, 0.1) is 0 Å². The zero-order valence-electron chi connectivity index (χ0n) is 13.5. The second kappa shape index (κ2) is 7.10. The molecule has 130 valence electrons. The second-order valence-electron chi connectivity index (χ2n) is 5.60. The summed E-state index contributed by atoms with van der Waals surface area (Å²) >= 11 is 3.11. The van der Waals surface area contributed by atoms with E-state index in [-0.39, 0.29) is 24.1 Å². The molecule has 0 radical (unpaired) electrons. The number of hydrogen-bond donors (Lipinski definition) is 2. The number of furan rings is 1. The summed E-state index contributed by atoms with van der Waals surface area (Å²) in [7, 11) is 0. The molecule has 0 unspecified atom stereocenters. The number of carbonyl (C=O) groups excluding carboxylic acids is 3. The molecule has 1 aliphatic heterocycles. The summed E-state index contributed by atoms with van der Waals surface area (Å²) in [6.45, 7) is 2.01. The Morgan fingerprint density at radius 1 is 1.24 bits per heavy atom. The van der Waals surface area contributed by atoms with Crippen molar-refractivity contribution in [2.45, 2.75) is 13.3 Å². The first-order valence-electron chi connectivity index (χ1n) is 7.68. The molecule has 25 heavy (non-hydrogen) atoms. The zero-order chi connectivity index (χ0) is 18.0. The molecule has 0 atom stereocenters. The van der Waals surface area contributed by atoms with E-state index >= 15 is 0 Å². The number of halogens is 1. The Morgan fingerprint density at radius 2 is 2.04 bits per heavy atom. The SMILES string of the molecule is CC(=O)N1CCc2cc(NC(=O)CNC(=O)c3ccc(Br)o3)ccc21. The van der Waals surface area contributed by atoms with Gasteiger partial charge in [0.15, 0.2) is 10.4 Å². The highest BCUT2D eigenvalue weighted by Gasteiger charge is 2.22. The van der Waals surface area contributed by atoms with Crippen LogP contribution in [0.5, 0.6) is 0 Å². The monoisotopic (exact) mass is 405 g/mol. The average molecular weight is 406 g/mol. The normalized spacial score (nSPS) is 12.6. The number of hydrogen-bond acceptors (Lipinski definition) is 4. The topological polar surface area (TPSA) is 91.7 Å². The van der Waals surface area contributed by atoms with Gasteiger partial charge >= 0.3 is 0 Å². The summed E-state index contributed by atoms with van der Waals surface area (Å²) in [5.74, 6) is -0.684. The van der Waals surface area contributed by atoms with Gasteiger partial charge in [-0.05, 0) is 58.2 Å². The molecular formula is C17H16BrN3O4. The fourth-order valence-corrected chi connectivity index (χ4v) is 3.00. The van der Waals surface area contributed by atoms with Crippen molar-refractivity contribution in [1.29, 1.82) is 0 Å². The van der Waals surface area contributed by atoms with Gasteiger partial charge in [-0.1, -0.05) is 0 Å². The molecule has 0 saturated carbocycles. The third-order valence-corrected chi connectivity index (χ3v) is 4.27. The zero-order valence-corrected chi connectivity index (χ0v) is 15.1. The van der Waals surface area contributed by atoms with Crippen LogP contribution in [0.4, 0.5) is 11.4 Å². The molecule has 2 aromatic rings. The first kappa shape index (κ1) is 17.2. The van der Waals surface area contributed by atoms with Crippen LogP contribution in [0.1, 0.15) is 23.0 Å². The van der Waals surface area contributed by atoms with Gasteiger partial charge in [-0.15, -0.1) is 0 Å². The Hall–Kier alpha value is -2.61.